The van der Waals surface area contributed by atoms with E-state index in [1.165, 1.54) is 0 Å². The highest BCUT2D eigenvalue weighted by molar-refractivity contribution is 7.90. The normalized spacial score (nSPS) is 20.5. The molecule has 0 heterocycles. The highest BCUT2D eigenvalue weighted by Crippen LogP contribution is 2.28. The summed E-state index contributed by atoms with van der Waals surface area (Å²) in [5, 5.41) is 11.4. The van der Waals surface area contributed by atoms with Crippen LogP contribution in [-0.4, -0.2) is 31.7 Å². The Balaban J connectivity index is 1.87. The Labute approximate surface area is 161 Å². The first-order valence-electron chi connectivity index (χ1n) is 9.05. The van der Waals surface area contributed by atoms with Crippen molar-refractivity contribution in [3.05, 3.63) is 24.3 Å². The van der Waals surface area contributed by atoms with E-state index >= 15 is 0 Å². The number of hydrogen-bond donors (Lipinski definition) is 2. The van der Waals surface area contributed by atoms with Crippen molar-refractivity contribution < 1.29 is 17.9 Å². The van der Waals surface area contributed by atoms with Gasteiger partial charge in [-0.25, -0.2) is 13.1 Å². The molecule has 0 spiro atoms. The first kappa shape index (κ1) is 21.2. The number of hydrogen-bond acceptors (Lipinski definition) is 5. The Bertz CT molecular complexity index is 801. The molecule has 2 rings (SSSR count). The van der Waals surface area contributed by atoms with Gasteiger partial charge in [0, 0.05) is 23.7 Å². The van der Waals surface area contributed by atoms with Crippen molar-refractivity contribution in [2.45, 2.75) is 57.2 Å². The van der Waals surface area contributed by atoms with Gasteiger partial charge in [-0.3, -0.25) is 4.79 Å². The molecule has 1 amide bonds. The lowest BCUT2D eigenvalue weighted by atomic mass is 9.86. The number of nitriles is 1. The minimum Gasteiger partial charge on any atom is -0.479 e. The van der Waals surface area contributed by atoms with Crippen LogP contribution in [0.1, 0.15) is 46.5 Å². The average molecular weight is 394 g/mol. The molecule has 0 radical (unpaired) electrons. The maximum Gasteiger partial charge on any atom is 0.227 e. The summed E-state index contributed by atoms with van der Waals surface area (Å²) in [5.41, 5.74) is 0.617. The predicted molar refractivity (Wildman–Crippen MR) is 104 cm³/mol. The second kappa shape index (κ2) is 8.72. The molecule has 1 aliphatic rings. The van der Waals surface area contributed by atoms with E-state index < -0.39 is 14.8 Å². The van der Waals surface area contributed by atoms with E-state index in [-0.39, 0.29) is 24.5 Å². The van der Waals surface area contributed by atoms with Crippen LogP contribution < -0.4 is 14.8 Å². The summed E-state index contributed by atoms with van der Waals surface area (Å²) in [5.74, 6) is 0.295. The highest BCUT2D eigenvalue weighted by Gasteiger charge is 2.34. The molecule has 7 nitrogen and oxygen atoms in total. The standard InChI is InChI=1S/C19H27N3O4S/c1-19(2,3)27(24,25)22-15-9-7-14(8-10-15)18(23)21-16-5-4-6-17(13-16)26-12-11-20/h4-6,13-15,22H,7-10,12H2,1-3H3,(H,21,23)/t14-,15-. The van der Waals surface area contributed by atoms with Gasteiger partial charge in [0.15, 0.2) is 6.61 Å². The lowest BCUT2D eigenvalue weighted by molar-refractivity contribution is -0.120. The number of amides is 1. The summed E-state index contributed by atoms with van der Waals surface area (Å²) in [6.45, 7) is 4.96. The molecule has 1 aromatic rings. The molecule has 1 fully saturated rings. The summed E-state index contributed by atoms with van der Waals surface area (Å²) in [4.78, 5) is 12.5. The molecule has 0 aromatic heterocycles. The maximum absolute atomic E-state index is 12.5. The number of benzene rings is 1. The summed E-state index contributed by atoms with van der Waals surface area (Å²) >= 11 is 0. The fourth-order valence-corrected chi connectivity index (χ4v) is 3.92. The van der Waals surface area contributed by atoms with E-state index in [1.807, 2.05) is 6.07 Å². The van der Waals surface area contributed by atoms with Gasteiger partial charge in [-0.2, -0.15) is 5.26 Å². The van der Waals surface area contributed by atoms with E-state index in [2.05, 4.69) is 10.0 Å². The van der Waals surface area contributed by atoms with Crippen LogP contribution in [0.5, 0.6) is 5.75 Å². The molecule has 8 heteroatoms. The molecule has 1 saturated carbocycles. The van der Waals surface area contributed by atoms with Crippen molar-refractivity contribution in [1.29, 1.82) is 5.26 Å². The second-order valence-corrected chi connectivity index (χ2v) is 10.2. The molecule has 1 aliphatic carbocycles. The first-order chi connectivity index (χ1) is 12.6. The van der Waals surface area contributed by atoms with Crippen LogP contribution in [0.15, 0.2) is 24.3 Å². The number of carbonyl (C=O) groups excluding carboxylic acids is 1. The van der Waals surface area contributed by atoms with E-state index in [9.17, 15) is 13.2 Å². The summed E-state index contributed by atoms with van der Waals surface area (Å²) < 4.78 is 31.7. The fraction of sp³-hybridized carbons (Fsp3) is 0.579. The Kier molecular flexibility index (Phi) is 6.84. The monoisotopic (exact) mass is 393 g/mol. The zero-order valence-electron chi connectivity index (χ0n) is 16.0. The van der Waals surface area contributed by atoms with Crippen LogP contribution in [-0.2, 0) is 14.8 Å². The molecule has 1 aromatic carbocycles. The van der Waals surface area contributed by atoms with Gasteiger partial charge < -0.3 is 10.1 Å². The Hall–Kier alpha value is -2.11. The summed E-state index contributed by atoms with van der Waals surface area (Å²) in [6, 6.07) is 8.69. The van der Waals surface area contributed by atoms with Crippen LogP contribution in [0.4, 0.5) is 5.69 Å². The van der Waals surface area contributed by atoms with Gasteiger partial charge in [0.1, 0.15) is 11.8 Å². The van der Waals surface area contributed by atoms with Gasteiger partial charge in [-0.05, 0) is 58.6 Å². The molecule has 27 heavy (non-hydrogen) atoms. The van der Waals surface area contributed by atoms with Crippen molar-refractivity contribution in [3.63, 3.8) is 0 Å². The van der Waals surface area contributed by atoms with Crippen molar-refractivity contribution in [1.82, 2.24) is 4.72 Å². The van der Waals surface area contributed by atoms with E-state index in [0.29, 0.717) is 37.1 Å². The number of anilines is 1. The van der Waals surface area contributed by atoms with Crippen molar-refractivity contribution in [3.8, 4) is 11.8 Å². The summed E-state index contributed by atoms with van der Waals surface area (Å²) in [7, 11) is -3.38. The quantitative estimate of drug-likeness (QED) is 0.772. The van der Waals surface area contributed by atoms with Crippen LogP contribution in [0.3, 0.4) is 0 Å². The molecule has 0 saturated heterocycles. The number of rotatable bonds is 6. The zero-order valence-corrected chi connectivity index (χ0v) is 16.8. The molecular formula is C19H27N3O4S. The molecule has 0 atom stereocenters. The van der Waals surface area contributed by atoms with Gasteiger partial charge >= 0.3 is 0 Å². The SMILES string of the molecule is CC(C)(C)S(=O)(=O)N[C@H]1CC[C@H](C(=O)Nc2cccc(OCC#N)c2)CC1. The van der Waals surface area contributed by atoms with Gasteiger partial charge in [-0.1, -0.05) is 6.07 Å². The fourth-order valence-electron chi connectivity index (χ4n) is 2.89. The highest BCUT2D eigenvalue weighted by atomic mass is 32.2. The van der Waals surface area contributed by atoms with Crippen LogP contribution in [0.2, 0.25) is 0 Å². The molecule has 2 N–H and O–H groups in total. The second-order valence-electron chi connectivity index (χ2n) is 7.75. The van der Waals surface area contributed by atoms with Crippen molar-refractivity contribution in [2.75, 3.05) is 11.9 Å². The van der Waals surface area contributed by atoms with Crippen molar-refractivity contribution in [2.24, 2.45) is 5.92 Å². The third-order valence-corrected chi connectivity index (χ3v) is 6.89. The number of ether oxygens (including phenoxy) is 1. The third kappa shape index (κ3) is 5.94. The van der Waals surface area contributed by atoms with Crippen LogP contribution >= 0.6 is 0 Å². The lowest BCUT2D eigenvalue weighted by Gasteiger charge is -2.30. The van der Waals surface area contributed by atoms with Crippen LogP contribution in [0.25, 0.3) is 0 Å². The largest absolute Gasteiger partial charge is 0.479 e. The number of nitrogens with zero attached hydrogens (tertiary/aromatic N) is 1. The van der Waals surface area contributed by atoms with Gasteiger partial charge in [0.25, 0.3) is 0 Å². The zero-order chi connectivity index (χ0) is 20.1. The van der Waals surface area contributed by atoms with E-state index in [0.717, 1.165) is 0 Å². The maximum atomic E-state index is 12.5. The lowest BCUT2D eigenvalue weighted by Crippen LogP contribution is -2.46. The molecule has 148 valence electrons. The van der Waals surface area contributed by atoms with Crippen LogP contribution in [0, 0.1) is 17.2 Å². The Morgan fingerprint density at radius 3 is 2.52 bits per heavy atom. The molecule has 0 bridgehead atoms. The molecule has 0 aliphatic heterocycles. The topological polar surface area (TPSA) is 108 Å². The molecule has 0 unspecified atom stereocenters. The Morgan fingerprint density at radius 1 is 1.26 bits per heavy atom. The summed E-state index contributed by atoms with van der Waals surface area (Å²) in [6.07, 6.45) is 2.54. The number of carbonyl (C=O) groups is 1. The van der Waals surface area contributed by atoms with Gasteiger partial charge in [-0.15, -0.1) is 0 Å². The van der Waals surface area contributed by atoms with Gasteiger partial charge in [0.05, 0.1) is 4.75 Å². The third-order valence-electron chi connectivity index (χ3n) is 4.63. The van der Waals surface area contributed by atoms with E-state index in [1.54, 1.807) is 45.0 Å². The smallest absolute Gasteiger partial charge is 0.227 e. The molecular weight excluding hydrogens is 366 g/mol. The minimum atomic E-state index is -3.38. The minimum absolute atomic E-state index is 0.0497. The average Bonchev–Trinajstić information content (AvgIpc) is 2.59. The Morgan fingerprint density at radius 2 is 1.93 bits per heavy atom. The van der Waals surface area contributed by atoms with E-state index in [4.69, 9.17) is 10.00 Å². The number of nitrogens with one attached hydrogen (secondary N) is 2. The van der Waals surface area contributed by atoms with Crippen molar-refractivity contribution >= 4 is 21.6 Å². The predicted octanol–water partition coefficient (Wildman–Crippen LogP) is 2.80. The number of sulfonamides is 1. The first-order valence-corrected chi connectivity index (χ1v) is 10.5. The van der Waals surface area contributed by atoms with Gasteiger partial charge in [0.2, 0.25) is 15.9 Å².